The molecule has 1 saturated heterocycles. The molecule has 1 aromatic heterocycles. The average molecular weight is 486 g/mol. The lowest BCUT2D eigenvalue weighted by Crippen LogP contribution is -2.46. The van der Waals surface area contributed by atoms with Crippen molar-refractivity contribution in [2.75, 3.05) is 47.7 Å². The lowest BCUT2D eigenvalue weighted by Gasteiger charge is -2.35. The normalized spacial score (nSPS) is 14.7. The van der Waals surface area contributed by atoms with Gasteiger partial charge < -0.3 is 20.1 Å². The van der Waals surface area contributed by atoms with Crippen LogP contribution in [0.4, 0.5) is 21.5 Å². The monoisotopic (exact) mass is 485 g/mol. The zero-order valence-electron chi connectivity index (χ0n) is 19.1. The largest absolute Gasteiger partial charge is 0.369 e. The Labute approximate surface area is 198 Å². The van der Waals surface area contributed by atoms with Crippen LogP contribution in [0.5, 0.6) is 0 Å². The van der Waals surface area contributed by atoms with E-state index in [-0.39, 0.29) is 16.3 Å². The Bertz CT molecular complexity index is 1280. The number of aromatic amines is 1. The van der Waals surface area contributed by atoms with Gasteiger partial charge in [0, 0.05) is 43.8 Å². The van der Waals surface area contributed by atoms with Gasteiger partial charge in [0.15, 0.2) is 0 Å². The molecule has 1 amide bonds. The molecule has 0 aliphatic carbocycles. The smallest absolute Gasteiger partial charge is 0.272 e. The molecule has 0 radical (unpaired) electrons. The molecule has 34 heavy (non-hydrogen) atoms. The average Bonchev–Trinajstić information content (AvgIpc) is 3.34. The van der Waals surface area contributed by atoms with Gasteiger partial charge in [-0.1, -0.05) is 19.1 Å². The summed E-state index contributed by atoms with van der Waals surface area (Å²) in [6.07, 6.45) is 1.20. The fourth-order valence-corrected chi connectivity index (χ4v) is 4.97. The molecular weight excluding hydrogens is 457 g/mol. The summed E-state index contributed by atoms with van der Waals surface area (Å²) in [7, 11) is -4.06. The summed E-state index contributed by atoms with van der Waals surface area (Å²) in [6, 6.07) is 12.6. The Morgan fingerprint density at radius 2 is 1.79 bits per heavy atom. The number of benzene rings is 2. The molecule has 1 aliphatic rings. The highest BCUT2D eigenvalue weighted by molar-refractivity contribution is 7.92. The Morgan fingerprint density at radius 1 is 1.06 bits per heavy atom. The molecule has 8 nitrogen and oxygen atoms in total. The van der Waals surface area contributed by atoms with E-state index in [4.69, 9.17) is 0 Å². The zero-order chi connectivity index (χ0) is 24.3. The number of aryl methyl sites for hydroxylation is 1. The van der Waals surface area contributed by atoms with Gasteiger partial charge in [-0.25, -0.2) is 12.8 Å². The summed E-state index contributed by atoms with van der Waals surface area (Å²) in [5.41, 5.74) is 2.57. The highest BCUT2D eigenvalue weighted by Crippen LogP contribution is 2.25. The second-order valence-electron chi connectivity index (χ2n) is 8.21. The van der Waals surface area contributed by atoms with Crippen LogP contribution in [0.3, 0.4) is 0 Å². The third-order valence-corrected chi connectivity index (χ3v) is 7.32. The number of anilines is 3. The van der Waals surface area contributed by atoms with Gasteiger partial charge in [0.05, 0.1) is 5.69 Å². The van der Waals surface area contributed by atoms with Crippen LogP contribution >= 0.6 is 0 Å². The predicted octanol–water partition coefficient (Wildman–Crippen LogP) is 3.66. The van der Waals surface area contributed by atoms with E-state index in [9.17, 15) is 17.6 Å². The molecule has 1 fully saturated rings. The van der Waals surface area contributed by atoms with E-state index in [0.717, 1.165) is 50.0 Å². The van der Waals surface area contributed by atoms with Crippen LogP contribution in [-0.2, 0) is 10.0 Å². The number of rotatable bonds is 7. The number of para-hydroxylation sites is 1. The first kappa shape index (κ1) is 23.8. The molecule has 0 saturated carbocycles. The number of carbonyl (C=O) groups excluding carboxylic acids is 1. The third kappa shape index (κ3) is 5.23. The van der Waals surface area contributed by atoms with E-state index in [1.165, 1.54) is 30.5 Å². The summed E-state index contributed by atoms with van der Waals surface area (Å²) in [5, 5.41) is 2.82. The van der Waals surface area contributed by atoms with E-state index >= 15 is 0 Å². The number of hydrogen-bond acceptors (Lipinski definition) is 5. The summed E-state index contributed by atoms with van der Waals surface area (Å²) in [4.78, 5) is 20.0. The second-order valence-corrected chi connectivity index (χ2v) is 9.89. The number of nitrogens with one attached hydrogen (secondary N) is 3. The number of amides is 1. The predicted molar refractivity (Wildman–Crippen MR) is 131 cm³/mol. The maximum atomic E-state index is 13.8. The summed E-state index contributed by atoms with van der Waals surface area (Å²) in [5.74, 6) is -1.16. The van der Waals surface area contributed by atoms with E-state index in [0.29, 0.717) is 5.69 Å². The number of nitrogens with zero attached hydrogens (tertiary/aromatic N) is 2. The van der Waals surface area contributed by atoms with Crippen LogP contribution < -0.4 is 14.9 Å². The molecule has 1 aliphatic heterocycles. The number of halogens is 1. The van der Waals surface area contributed by atoms with Gasteiger partial charge in [0.1, 0.15) is 16.4 Å². The van der Waals surface area contributed by atoms with Crippen molar-refractivity contribution in [2.45, 2.75) is 18.7 Å². The van der Waals surface area contributed by atoms with E-state index in [1.807, 2.05) is 25.1 Å². The minimum Gasteiger partial charge on any atom is -0.369 e. The Hall–Kier alpha value is -3.37. The SMILES string of the molecule is CCN1CCN(c2ccc(NC(=O)c3cc(S(=O)(=O)Nc4ccccc4F)c[nH]3)c(C)c2)CC1. The van der Waals surface area contributed by atoms with Crippen LogP contribution in [0.25, 0.3) is 0 Å². The van der Waals surface area contributed by atoms with Gasteiger partial charge in [-0.15, -0.1) is 0 Å². The quantitative estimate of drug-likeness (QED) is 0.475. The van der Waals surface area contributed by atoms with E-state index < -0.39 is 21.7 Å². The highest BCUT2D eigenvalue weighted by atomic mass is 32.2. The molecule has 0 bridgehead atoms. The van der Waals surface area contributed by atoms with Crippen LogP contribution in [0.15, 0.2) is 59.6 Å². The molecule has 0 atom stereocenters. The Morgan fingerprint density at radius 3 is 2.47 bits per heavy atom. The van der Waals surface area contributed by atoms with Crippen LogP contribution in [0, 0.1) is 12.7 Å². The maximum Gasteiger partial charge on any atom is 0.272 e. The minimum absolute atomic E-state index is 0.0769. The van der Waals surface area contributed by atoms with Crippen molar-refractivity contribution in [3.8, 4) is 0 Å². The number of likely N-dealkylation sites (N-methyl/N-ethyl adjacent to an activating group) is 1. The van der Waals surface area contributed by atoms with Crippen LogP contribution in [-0.4, -0.2) is 56.9 Å². The van der Waals surface area contributed by atoms with Crippen LogP contribution in [0.2, 0.25) is 0 Å². The Balaban J connectivity index is 1.43. The standard InChI is InChI=1S/C24H28FN5O3S/c1-3-29-10-12-30(13-11-29)18-8-9-21(17(2)14-18)27-24(31)23-15-19(16-26-23)34(32,33)28-22-7-5-4-6-20(22)25/h4-9,14-16,26,28H,3,10-13H2,1-2H3,(H,27,31). The summed E-state index contributed by atoms with van der Waals surface area (Å²) in [6.45, 7) is 9.11. The molecule has 4 rings (SSSR count). The lowest BCUT2D eigenvalue weighted by atomic mass is 10.1. The number of piperazine rings is 1. The first-order valence-electron chi connectivity index (χ1n) is 11.1. The molecule has 180 valence electrons. The first-order valence-corrected chi connectivity index (χ1v) is 12.6. The van der Waals surface area contributed by atoms with Crippen LogP contribution in [0.1, 0.15) is 23.0 Å². The van der Waals surface area contributed by atoms with Gasteiger partial charge in [-0.2, -0.15) is 0 Å². The van der Waals surface area contributed by atoms with Gasteiger partial charge in [0.25, 0.3) is 15.9 Å². The molecule has 3 N–H and O–H groups in total. The maximum absolute atomic E-state index is 13.8. The number of aromatic nitrogens is 1. The molecule has 0 unspecified atom stereocenters. The number of H-pyrrole nitrogens is 1. The van der Waals surface area contributed by atoms with Crippen molar-refractivity contribution < 1.29 is 17.6 Å². The van der Waals surface area contributed by atoms with Gasteiger partial charge >= 0.3 is 0 Å². The zero-order valence-corrected chi connectivity index (χ0v) is 20.0. The number of carbonyl (C=O) groups is 1. The van der Waals surface area contributed by atoms with Crippen molar-refractivity contribution in [1.29, 1.82) is 0 Å². The minimum atomic E-state index is -4.06. The molecule has 2 heterocycles. The van der Waals surface area contributed by atoms with Crippen molar-refractivity contribution in [2.24, 2.45) is 0 Å². The molecule has 3 aromatic rings. The fourth-order valence-electron chi connectivity index (χ4n) is 3.91. The first-order chi connectivity index (χ1) is 16.3. The number of hydrogen-bond donors (Lipinski definition) is 3. The Kier molecular flexibility index (Phi) is 6.90. The molecule has 10 heteroatoms. The van der Waals surface area contributed by atoms with Crippen molar-refractivity contribution in [1.82, 2.24) is 9.88 Å². The van der Waals surface area contributed by atoms with Crippen molar-refractivity contribution >= 4 is 33.0 Å². The third-order valence-electron chi connectivity index (χ3n) is 5.97. The van der Waals surface area contributed by atoms with Crippen molar-refractivity contribution in [3.63, 3.8) is 0 Å². The summed E-state index contributed by atoms with van der Waals surface area (Å²) >= 11 is 0. The van der Waals surface area contributed by atoms with Gasteiger partial charge in [-0.05, 0) is 55.4 Å². The van der Waals surface area contributed by atoms with Gasteiger partial charge in [-0.3, -0.25) is 9.52 Å². The second kappa shape index (κ2) is 9.86. The fraction of sp³-hybridized carbons (Fsp3) is 0.292. The topological polar surface area (TPSA) is 97.5 Å². The van der Waals surface area contributed by atoms with Gasteiger partial charge in [0.2, 0.25) is 0 Å². The molecular formula is C24H28FN5O3S. The highest BCUT2D eigenvalue weighted by Gasteiger charge is 2.21. The summed E-state index contributed by atoms with van der Waals surface area (Å²) < 4.78 is 41.2. The number of sulfonamides is 1. The van der Waals surface area contributed by atoms with E-state index in [2.05, 4.69) is 31.7 Å². The molecule has 2 aromatic carbocycles. The van der Waals surface area contributed by atoms with Crippen molar-refractivity contribution in [3.05, 3.63) is 71.8 Å². The lowest BCUT2D eigenvalue weighted by molar-refractivity contribution is 0.102. The van der Waals surface area contributed by atoms with E-state index in [1.54, 1.807) is 0 Å². The molecule has 0 spiro atoms.